The van der Waals surface area contributed by atoms with Crippen molar-refractivity contribution < 1.29 is 37.3 Å². The predicted molar refractivity (Wildman–Crippen MR) is 266 cm³/mol. The van der Waals surface area contributed by atoms with Gasteiger partial charge < -0.3 is 18.9 Å². The molecule has 1 N–H and O–H groups in total. The zero-order valence-electron chi connectivity index (χ0n) is 41.1. The standard InChI is InChI=1S/C53H98NO7P/c1-6-8-10-12-14-16-18-20-22-24-26-27-28-30-32-34-36-38-40-42-44-46-53(55)61-52(51-60-62(56,57)59-49-47-54(3,4)5)50-58-48-45-43-41-39-37-35-33-31-29-25-23-21-19-17-15-13-11-9-7-2/h8,10,14,16,20,22-23,25-27,52H,6-7,9,11-13,15,17-19,21,24,28-51H2,1-5H3/p+1/b10-8-,16-14-,22-20-,25-23-,27-26-. The van der Waals surface area contributed by atoms with Crippen LogP contribution in [0.4, 0.5) is 0 Å². The topological polar surface area (TPSA) is 91.3 Å². The van der Waals surface area contributed by atoms with Gasteiger partial charge in [0.15, 0.2) is 0 Å². The number of esters is 1. The number of carbonyl (C=O) groups is 1. The van der Waals surface area contributed by atoms with Gasteiger partial charge in [0.25, 0.3) is 0 Å². The average Bonchev–Trinajstić information content (AvgIpc) is 3.23. The first-order valence-electron chi connectivity index (χ1n) is 25.5. The van der Waals surface area contributed by atoms with Gasteiger partial charge in [-0.1, -0.05) is 190 Å². The monoisotopic (exact) mass is 893 g/mol. The second-order valence-corrected chi connectivity index (χ2v) is 19.6. The van der Waals surface area contributed by atoms with E-state index in [1.165, 1.54) is 128 Å². The molecule has 0 rings (SSSR count). The van der Waals surface area contributed by atoms with Crippen LogP contribution in [-0.2, 0) is 27.9 Å². The molecule has 0 radical (unpaired) electrons. The van der Waals surface area contributed by atoms with Crippen molar-refractivity contribution in [1.82, 2.24) is 0 Å². The maximum atomic E-state index is 12.8. The van der Waals surface area contributed by atoms with Crippen LogP contribution in [0.3, 0.4) is 0 Å². The molecule has 9 heteroatoms. The Morgan fingerprint density at radius 2 is 0.935 bits per heavy atom. The molecule has 0 bridgehead atoms. The van der Waals surface area contributed by atoms with E-state index in [0.29, 0.717) is 24.1 Å². The Balaban J connectivity index is 4.17. The molecule has 0 aromatic rings. The van der Waals surface area contributed by atoms with Crippen molar-refractivity contribution in [3.8, 4) is 0 Å². The summed E-state index contributed by atoms with van der Waals surface area (Å²) in [6, 6.07) is 0. The minimum absolute atomic E-state index is 0.0843. The number of carbonyl (C=O) groups excluding carboxylic acids is 1. The molecule has 0 amide bonds. The van der Waals surface area contributed by atoms with Crippen molar-refractivity contribution in [1.29, 1.82) is 0 Å². The molecule has 0 heterocycles. The number of likely N-dealkylation sites (N-methyl/N-ethyl adjacent to an activating group) is 1. The Labute approximate surface area is 383 Å². The average molecular weight is 893 g/mol. The molecule has 2 unspecified atom stereocenters. The minimum atomic E-state index is -4.29. The molecule has 0 aromatic carbocycles. The van der Waals surface area contributed by atoms with E-state index in [1.54, 1.807) is 0 Å². The molecule has 0 saturated heterocycles. The van der Waals surface area contributed by atoms with Crippen LogP contribution in [0, 0.1) is 0 Å². The summed E-state index contributed by atoms with van der Waals surface area (Å²) < 4.78 is 35.1. The van der Waals surface area contributed by atoms with Gasteiger partial charge in [-0.05, 0) is 77.0 Å². The van der Waals surface area contributed by atoms with Crippen molar-refractivity contribution in [3.63, 3.8) is 0 Å². The van der Waals surface area contributed by atoms with Crippen molar-refractivity contribution >= 4 is 13.8 Å². The highest BCUT2D eigenvalue weighted by Crippen LogP contribution is 2.43. The molecular weight excluding hydrogens is 794 g/mol. The second kappa shape index (κ2) is 45.8. The van der Waals surface area contributed by atoms with Crippen LogP contribution >= 0.6 is 7.82 Å². The molecule has 0 spiro atoms. The summed E-state index contributed by atoms with van der Waals surface area (Å²) in [6.07, 6.45) is 58.3. The molecular formula is C53H99NO7P+. The summed E-state index contributed by atoms with van der Waals surface area (Å²) in [7, 11) is 1.66. The van der Waals surface area contributed by atoms with Gasteiger partial charge in [-0.15, -0.1) is 0 Å². The third-order valence-corrected chi connectivity index (χ3v) is 11.8. The van der Waals surface area contributed by atoms with E-state index in [1.807, 2.05) is 21.1 Å². The van der Waals surface area contributed by atoms with Crippen molar-refractivity contribution in [2.24, 2.45) is 0 Å². The first kappa shape index (κ1) is 60.2. The molecule has 0 aliphatic rings. The summed E-state index contributed by atoms with van der Waals surface area (Å²) in [5, 5.41) is 0. The molecule has 0 saturated carbocycles. The molecule has 62 heavy (non-hydrogen) atoms. The predicted octanol–water partition coefficient (Wildman–Crippen LogP) is 15.7. The van der Waals surface area contributed by atoms with Crippen LogP contribution in [0.25, 0.3) is 0 Å². The minimum Gasteiger partial charge on any atom is -0.457 e. The van der Waals surface area contributed by atoms with E-state index >= 15 is 0 Å². The fourth-order valence-corrected chi connectivity index (χ4v) is 7.63. The van der Waals surface area contributed by atoms with Gasteiger partial charge in [-0.25, -0.2) is 4.57 Å². The molecule has 0 aliphatic carbocycles. The van der Waals surface area contributed by atoms with Crippen LogP contribution in [0.15, 0.2) is 60.8 Å². The fourth-order valence-electron chi connectivity index (χ4n) is 6.89. The normalized spacial score (nSPS) is 14.1. The van der Waals surface area contributed by atoms with E-state index in [-0.39, 0.29) is 25.8 Å². The summed E-state index contributed by atoms with van der Waals surface area (Å²) in [4.78, 5) is 23.0. The van der Waals surface area contributed by atoms with E-state index in [2.05, 4.69) is 74.6 Å². The highest BCUT2D eigenvalue weighted by atomic mass is 31.2. The summed E-state index contributed by atoms with van der Waals surface area (Å²) in [5.74, 6) is -0.323. The lowest BCUT2D eigenvalue weighted by molar-refractivity contribution is -0.870. The Hall–Kier alpha value is -1.80. The summed E-state index contributed by atoms with van der Waals surface area (Å²) >= 11 is 0. The van der Waals surface area contributed by atoms with E-state index < -0.39 is 13.9 Å². The lowest BCUT2D eigenvalue weighted by atomic mass is 10.1. The first-order chi connectivity index (χ1) is 30.1. The number of hydrogen-bond donors (Lipinski definition) is 1. The van der Waals surface area contributed by atoms with E-state index in [4.69, 9.17) is 18.5 Å². The van der Waals surface area contributed by atoms with Crippen molar-refractivity contribution in [2.75, 3.05) is 54.1 Å². The number of rotatable bonds is 47. The van der Waals surface area contributed by atoms with Crippen LogP contribution in [0.2, 0.25) is 0 Å². The Kier molecular flexibility index (Phi) is 44.4. The van der Waals surface area contributed by atoms with Gasteiger partial charge in [0.1, 0.15) is 19.3 Å². The third-order valence-electron chi connectivity index (χ3n) is 10.8. The van der Waals surface area contributed by atoms with Crippen molar-refractivity contribution in [3.05, 3.63) is 60.8 Å². The maximum absolute atomic E-state index is 12.8. The van der Waals surface area contributed by atoms with Gasteiger partial charge in [0.2, 0.25) is 0 Å². The van der Waals surface area contributed by atoms with Gasteiger partial charge in [0.05, 0.1) is 34.4 Å². The molecule has 8 nitrogen and oxygen atoms in total. The molecule has 2 atom stereocenters. The lowest BCUT2D eigenvalue weighted by Crippen LogP contribution is -2.37. The third kappa shape index (κ3) is 49.2. The number of nitrogens with zero attached hydrogens (tertiary/aromatic N) is 1. The molecule has 0 aromatic heterocycles. The number of hydrogen-bond acceptors (Lipinski definition) is 6. The zero-order chi connectivity index (χ0) is 45.5. The summed E-state index contributed by atoms with van der Waals surface area (Å²) in [5.41, 5.74) is 0. The SMILES string of the molecule is CC/C=C\C/C=C\C/C=C\C/C=C\CCCCCCCCCCC(=O)OC(COCCCCCCCCCC/C=C\CCCCCCCCC)COP(=O)(O)OCC[N+](C)(C)C. The fraction of sp³-hybridized carbons (Fsp3) is 0.792. The van der Waals surface area contributed by atoms with Gasteiger partial charge in [0, 0.05) is 13.0 Å². The first-order valence-corrected chi connectivity index (χ1v) is 27.0. The van der Waals surface area contributed by atoms with Gasteiger partial charge in [-0.3, -0.25) is 13.8 Å². The number of quaternary nitrogens is 1. The van der Waals surface area contributed by atoms with Crippen LogP contribution in [0.5, 0.6) is 0 Å². The highest BCUT2D eigenvalue weighted by molar-refractivity contribution is 7.47. The zero-order valence-corrected chi connectivity index (χ0v) is 42.0. The Morgan fingerprint density at radius 1 is 0.516 bits per heavy atom. The van der Waals surface area contributed by atoms with Crippen LogP contribution in [0.1, 0.15) is 213 Å². The summed E-state index contributed by atoms with van der Waals surface area (Å²) in [6.45, 7) is 5.51. The van der Waals surface area contributed by atoms with Crippen LogP contribution < -0.4 is 0 Å². The number of phosphoric acid groups is 1. The largest absolute Gasteiger partial charge is 0.472 e. The number of ether oxygens (including phenoxy) is 2. The maximum Gasteiger partial charge on any atom is 0.472 e. The smallest absolute Gasteiger partial charge is 0.457 e. The Bertz CT molecular complexity index is 1170. The van der Waals surface area contributed by atoms with Gasteiger partial charge in [-0.2, -0.15) is 0 Å². The number of phosphoric ester groups is 1. The van der Waals surface area contributed by atoms with E-state index in [9.17, 15) is 14.3 Å². The van der Waals surface area contributed by atoms with Crippen molar-refractivity contribution in [2.45, 2.75) is 219 Å². The second-order valence-electron chi connectivity index (χ2n) is 18.2. The molecule has 0 fully saturated rings. The Morgan fingerprint density at radius 3 is 1.42 bits per heavy atom. The lowest BCUT2D eigenvalue weighted by Gasteiger charge is -2.24. The quantitative estimate of drug-likeness (QED) is 0.0214. The van der Waals surface area contributed by atoms with E-state index in [0.717, 1.165) is 64.2 Å². The van der Waals surface area contributed by atoms with Gasteiger partial charge >= 0.3 is 13.8 Å². The highest BCUT2D eigenvalue weighted by Gasteiger charge is 2.26. The number of unbranched alkanes of at least 4 members (excludes halogenated alkanes) is 23. The van der Waals surface area contributed by atoms with Crippen LogP contribution in [-0.4, -0.2) is 75.6 Å². The molecule has 0 aliphatic heterocycles. The molecule has 362 valence electrons. The number of allylic oxidation sites excluding steroid dienone is 10.